The topological polar surface area (TPSA) is 70.5 Å². The maximum absolute atomic E-state index is 11.4. The van der Waals surface area contributed by atoms with Crippen molar-refractivity contribution >= 4 is 33.5 Å². The van der Waals surface area contributed by atoms with Crippen molar-refractivity contribution in [3.8, 4) is 0 Å². The molecule has 0 saturated carbocycles. The lowest BCUT2D eigenvalue weighted by molar-refractivity contribution is -0.148. The van der Waals surface area contributed by atoms with Gasteiger partial charge in [-0.25, -0.2) is 9.78 Å². The molecular weight excluding hydrogens is 284 g/mol. The van der Waals surface area contributed by atoms with Crippen LogP contribution in [0.4, 0.5) is 0 Å². The van der Waals surface area contributed by atoms with E-state index in [1.165, 1.54) is 33.4 Å². The van der Waals surface area contributed by atoms with Gasteiger partial charge in [0.25, 0.3) is 0 Å². The van der Waals surface area contributed by atoms with Crippen LogP contribution in [0.25, 0.3) is 0 Å². The molecule has 1 aromatic heterocycles. The molecule has 1 rings (SSSR count). The zero-order chi connectivity index (χ0) is 14.3. The van der Waals surface area contributed by atoms with E-state index in [9.17, 15) is 14.7 Å². The van der Waals surface area contributed by atoms with Crippen molar-refractivity contribution in [1.29, 1.82) is 0 Å². The van der Waals surface area contributed by atoms with E-state index in [0.717, 1.165) is 5.03 Å². The fourth-order valence-electron chi connectivity index (χ4n) is 1.51. The van der Waals surface area contributed by atoms with Crippen LogP contribution in [0.1, 0.15) is 13.8 Å². The van der Waals surface area contributed by atoms with Gasteiger partial charge in [0.2, 0.25) is 5.91 Å². The molecule has 1 unspecified atom stereocenters. The van der Waals surface area contributed by atoms with Crippen LogP contribution in [0.5, 0.6) is 0 Å². The van der Waals surface area contributed by atoms with Crippen molar-refractivity contribution in [2.24, 2.45) is 0 Å². The minimum Gasteiger partial charge on any atom is -0.480 e. The van der Waals surface area contributed by atoms with E-state index in [0.29, 0.717) is 12.3 Å². The van der Waals surface area contributed by atoms with Crippen LogP contribution in [0.15, 0.2) is 29.4 Å². The summed E-state index contributed by atoms with van der Waals surface area (Å²) in [5, 5.41) is 10.0. The number of rotatable bonds is 7. The minimum absolute atomic E-state index is 0.224. The van der Waals surface area contributed by atoms with Crippen molar-refractivity contribution in [2.45, 2.75) is 24.9 Å². The highest BCUT2D eigenvalue weighted by Gasteiger charge is 2.26. The van der Waals surface area contributed by atoms with Gasteiger partial charge in [-0.2, -0.15) is 0 Å². The molecule has 1 atom stereocenters. The summed E-state index contributed by atoms with van der Waals surface area (Å²) in [6.07, 6.45) is 1.69. The summed E-state index contributed by atoms with van der Waals surface area (Å²) in [5.74, 6) is -0.881. The second-order valence-corrected chi connectivity index (χ2v) is 6.06. The number of nitrogens with zero attached hydrogens (tertiary/aromatic N) is 2. The predicted octanol–water partition coefficient (Wildman–Crippen LogP) is 2.14. The molecular formula is C12H16N2O3S2. The van der Waals surface area contributed by atoms with E-state index < -0.39 is 12.0 Å². The molecule has 0 spiro atoms. The Morgan fingerprint density at radius 2 is 2.21 bits per heavy atom. The first kappa shape index (κ1) is 15.8. The molecule has 0 fully saturated rings. The minimum atomic E-state index is -0.980. The summed E-state index contributed by atoms with van der Waals surface area (Å²) in [5.41, 5.74) is 0. The molecule has 0 saturated heterocycles. The van der Waals surface area contributed by atoms with Gasteiger partial charge in [0.05, 0.1) is 0 Å². The zero-order valence-electron chi connectivity index (χ0n) is 10.8. The monoisotopic (exact) mass is 300 g/mol. The van der Waals surface area contributed by atoms with E-state index in [-0.39, 0.29) is 5.91 Å². The van der Waals surface area contributed by atoms with Crippen molar-refractivity contribution < 1.29 is 14.7 Å². The number of hydrogen-bond donors (Lipinski definition) is 1. The van der Waals surface area contributed by atoms with E-state index >= 15 is 0 Å². The fourth-order valence-corrected chi connectivity index (χ4v) is 3.64. The second kappa shape index (κ2) is 8.06. The molecule has 1 aromatic rings. The van der Waals surface area contributed by atoms with Crippen molar-refractivity contribution in [3.05, 3.63) is 24.4 Å². The lowest BCUT2D eigenvalue weighted by Crippen LogP contribution is -2.45. The molecule has 7 heteroatoms. The van der Waals surface area contributed by atoms with Gasteiger partial charge in [0, 0.05) is 25.4 Å². The Morgan fingerprint density at radius 3 is 2.68 bits per heavy atom. The molecule has 1 N–H and O–H groups in total. The quantitative estimate of drug-likeness (QED) is 0.778. The van der Waals surface area contributed by atoms with E-state index in [4.69, 9.17) is 0 Å². The Balaban J connectivity index is 2.55. The van der Waals surface area contributed by atoms with Crippen LogP contribution < -0.4 is 0 Å². The first-order valence-corrected chi connectivity index (χ1v) is 8.08. The summed E-state index contributed by atoms with van der Waals surface area (Å²) in [6.45, 7) is 3.55. The van der Waals surface area contributed by atoms with Crippen LogP contribution in [0, 0.1) is 0 Å². The SMILES string of the molecule is CCN(C(C)=O)C(CSSc1ccccn1)C(=O)O. The smallest absolute Gasteiger partial charge is 0.327 e. The van der Waals surface area contributed by atoms with Crippen LogP contribution in [0.2, 0.25) is 0 Å². The predicted molar refractivity (Wildman–Crippen MR) is 77.0 cm³/mol. The number of carboxylic acid groups (broad SMARTS) is 1. The van der Waals surface area contributed by atoms with Crippen molar-refractivity contribution in [1.82, 2.24) is 9.88 Å². The summed E-state index contributed by atoms with van der Waals surface area (Å²) >= 11 is 0. The highest BCUT2D eigenvalue weighted by molar-refractivity contribution is 8.76. The number of carboxylic acids is 1. The van der Waals surface area contributed by atoms with Crippen molar-refractivity contribution in [3.63, 3.8) is 0 Å². The summed E-state index contributed by atoms with van der Waals surface area (Å²) in [6, 6.07) is 4.75. The zero-order valence-corrected chi connectivity index (χ0v) is 12.4. The standard InChI is InChI=1S/C12H16N2O3S2/c1-3-14(9(2)15)10(12(16)17)8-18-19-11-6-4-5-7-13-11/h4-7,10H,3,8H2,1-2H3,(H,16,17). The molecule has 0 aliphatic rings. The van der Waals surface area contributed by atoms with Gasteiger partial charge in [-0.15, -0.1) is 0 Å². The molecule has 1 heterocycles. The molecule has 0 aliphatic carbocycles. The largest absolute Gasteiger partial charge is 0.480 e. The maximum atomic E-state index is 11.4. The van der Waals surface area contributed by atoms with E-state index in [1.807, 2.05) is 18.2 Å². The summed E-state index contributed by atoms with van der Waals surface area (Å²) in [4.78, 5) is 28.1. The lowest BCUT2D eigenvalue weighted by Gasteiger charge is -2.26. The third-order valence-electron chi connectivity index (χ3n) is 2.41. The lowest BCUT2D eigenvalue weighted by atomic mass is 10.3. The normalized spacial score (nSPS) is 11.9. The van der Waals surface area contributed by atoms with Gasteiger partial charge in [-0.3, -0.25) is 4.79 Å². The second-order valence-electron chi connectivity index (χ2n) is 3.69. The number of hydrogen-bond acceptors (Lipinski definition) is 5. The number of carbonyl (C=O) groups excluding carboxylic acids is 1. The third kappa shape index (κ3) is 5.12. The highest BCUT2D eigenvalue weighted by Crippen LogP contribution is 2.30. The first-order chi connectivity index (χ1) is 9.06. The molecule has 19 heavy (non-hydrogen) atoms. The van der Waals surface area contributed by atoms with Gasteiger partial charge < -0.3 is 10.0 Å². The average molecular weight is 300 g/mol. The van der Waals surface area contributed by atoms with E-state index in [2.05, 4.69) is 4.98 Å². The molecule has 0 radical (unpaired) electrons. The Labute approximate surface area is 120 Å². The molecule has 1 amide bonds. The summed E-state index contributed by atoms with van der Waals surface area (Å²) < 4.78 is 0. The van der Waals surface area contributed by atoms with Gasteiger partial charge in [0.15, 0.2) is 0 Å². The van der Waals surface area contributed by atoms with Crippen LogP contribution >= 0.6 is 21.6 Å². The molecule has 104 valence electrons. The number of amides is 1. The first-order valence-electron chi connectivity index (χ1n) is 5.76. The fraction of sp³-hybridized carbons (Fsp3) is 0.417. The van der Waals surface area contributed by atoms with Crippen LogP contribution in [-0.2, 0) is 9.59 Å². The maximum Gasteiger partial charge on any atom is 0.327 e. The molecule has 0 aromatic carbocycles. The number of likely N-dealkylation sites (N-methyl/N-ethyl adjacent to an activating group) is 1. The van der Waals surface area contributed by atoms with Gasteiger partial charge in [-0.1, -0.05) is 16.9 Å². The number of aromatic nitrogens is 1. The molecule has 5 nitrogen and oxygen atoms in total. The van der Waals surface area contributed by atoms with Crippen LogP contribution in [0.3, 0.4) is 0 Å². The van der Waals surface area contributed by atoms with Gasteiger partial charge in [0.1, 0.15) is 11.1 Å². The average Bonchev–Trinajstić information content (AvgIpc) is 2.38. The number of carbonyl (C=O) groups is 2. The Kier molecular flexibility index (Phi) is 6.72. The Hall–Kier alpha value is -1.21. The number of aliphatic carboxylic acids is 1. The van der Waals surface area contributed by atoms with Gasteiger partial charge in [-0.05, 0) is 29.9 Å². The summed E-state index contributed by atoms with van der Waals surface area (Å²) in [7, 11) is 2.79. The highest BCUT2D eigenvalue weighted by atomic mass is 33.1. The van der Waals surface area contributed by atoms with E-state index in [1.54, 1.807) is 13.1 Å². The number of pyridine rings is 1. The van der Waals surface area contributed by atoms with Crippen LogP contribution in [-0.4, -0.2) is 45.2 Å². The third-order valence-corrected chi connectivity index (χ3v) is 4.67. The van der Waals surface area contributed by atoms with Gasteiger partial charge >= 0.3 is 5.97 Å². The van der Waals surface area contributed by atoms with Crippen molar-refractivity contribution in [2.75, 3.05) is 12.3 Å². The molecule has 0 aliphatic heterocycles. The Bertz CT molecular complexity index is 428. The molecule has 0 bridgehead atoms. The Morgan fingerprint density at radius 1 is 1.47 bits per heavy atom.